The highest BCUT2D eigenvalue weighted by Crippen LogP contribution is 2.29. The fourth-order valence-electron chi connectivity index (χ4n) is 2.58. The summed E-state index contributed by atoms with van der Waals surface area (Å²) >= 11 is 6.19. The first-order valence-electron chi connectivity index (χ1n) is 7.31. The maximum Gasteiger partial charge on any atom is 0.124 e. The molecule has 0 heterocycles. The molecule has 23 heavy (non-hydrogen) atoms. The van der Waals surface area contributed by atoms with Crippen molar-refractivity contribution in [2.24, 2.45) is 0 Å². The highest BCUT2D eigenvalue weighted by molar-refractivity contribution is 6.31. The first-order chi connectivity index (χ1) is 10.8. The lowest BCUT2D eigenvalue weighted by molar-refractivity contribution is 0.303. The molecule has 0 saturated carbocycles. The molecule has 0 amide bonds. The van der Waals surface area contributed by atoms with Crippen LogP contribution in [0.4, 0.5) is 0 Å². The molecule has 0 atom stereocenters. The fourth-order valence-corrected chi connectivity index (χ4v) is 2.77. The van der Waals surface area contributed by atoms with Crippen LogP contribution in [0.1, 0.15) is 11.1 Å². The molecular weight excluding hydrogens is 329 g/mol. The molecule has 0 unspecified atom stereocenters. The summed E-state index contributed by atoms with van der Waals surface area (Å²) in [6, 6.07) is 20.2. The second-order valence-corrected chi connectivity index (χ2v) is 5.58. The van der Waals surface area contributed by atoms with Gasteiger partial charge in [-0.25, -0.2) is 0 Å². The number of fused-ring (bicyclic) bond motifs is 1. The van der Waals surface area contributed by atoms with Crippen LogP contribution in [0.2, 0.25) is 5.02 Å². The quantitative estimate of drug-likeness (QED) is 0.683. The summed E-state index contributed by atoms with van der Waals surface area (Å²) in [6.07, 6.45) is 0. The molecule has 4 heteroatoms. The summed E-state index contributed by atoms with van der Waals surface area (Å²) in [4.78, 5) is 0. The average molecular weight is 348 g/mol. The van der Waals surface area contributed by atoms with Crippen molar-refractivity contribution in [2.75, 3.05) is 7.05 Å². The van der Waals surface area contributed by atoms with Gasteiger partial charge < -0.3 is 10.1 Å². The van der Waals surface area contributed by atoms with Gasteiger partial charge in [0.2, 0.25) is 0 Å². The third kappa shape index (κ3) is 3.97. The molecule has 0 aromatic heterocycles. The number of ether oxygens (including phenoxy) is 1. The van der Waals surface area contributed by atoms with Crippen LogP contribution in [-0.4, -0.2) is 7.05 Å². The standard InChI is InChI=1S/C19H18ClNO.ClH/c1-21-12-17-16-8-4-2-6-14(16)10-11-19(17)22-13-15-7-3-5-9-18(15)20;/h2-11,21H,12-13H2,1H3;1H. The molecule has 3 rings (SSSR count). The Balaban J connectivity index is 0.00000192. The Bertz CT molecular complexity index is 789. The van der Waals surface area contributed by atoms with E-state index in [0.29, 0.717) is 6.61 Å². The van der Waals surface area contributed by atoms with Crippen LogP contribution in [-0.2, 0) is 13.2 Å². The van der Waals surface area contributed by atoms with E-state index in [0.717, 1.165) is 22.9 Å². The second kappa shape index (κ2) is 8.21. The van der Waals surface area contributed by atoms with E-state index in [9.17, 15) is 0 Å². The summed E-state index contributed by atoms with van der Waals surface area (Å²) < 4.78 is 6.04. The Morgan fingerprint density at radius 1 is 0.957 bits per heavy atom. The average Bonchev–Trinajstić information content (AvgIpc) is 2.55. The van der Waals surface area contributed by atoms with Crippen LogP contribution in [0.5, 0.6) is 5.75 Å². The Morgan fingerprint density at radius 3 is 2.48 bits per heavy atom. The van der Waals surface area contributed by atoms with Gasteiger partial charge in [0.1, 0.15) is 12.4 Å². The van der Waals surface area contributed by atoms with E-state index < -0.39 is 0 Å². The fraction of sp³-hybridized carbons (Fsp3) is 0.158. The molecule has 0 radical (unpaired) electrons. The summed E-state index contributed by atoms with van der Waals surface area (Å²) in [5.74, 6) is 0.896. The third-order valence-corrected chi connectivity index (χ3v) is 4.06. The van der Waals surface area contributed by atoms with Crippen molar-refractivity contribution in [3.8, 4) is 5.75 Å². The van der Waals surface area contributed by atoms with Gasteiger partial charge in [-0.1, -0.05) is 60.1 Å². The van der Waals surface area contributed by atoms with Crippen LogP contribution in [0.3, 0.4) is 0 Å². The monoisotopic (exact) mass is 347 g/mol. The number of hydrogen-bond donors (Lipinski definition) is 1. The molecule has 0 fully saturated rings. The predicted octanol–water partition coefficient (Wildman–Crippen LogP) is 5.21. The SMILES string of the molecule is CNCc1c(OCc2ccccc2Cl)ccc2ccccc12.Cl. The van der Waals surface area contributed by atoms with E-state index in [1.165, 1.54) is 16.3 Å². The Morgan fingerprint density at radius 2 is 1.70 bits per heavy atom. The second-order valence-electron chi connectivity index (χ2n) is 5.17. The molecule has 0 aliphatic heterocycles. The van der Waals surface area contributed by atoms with Gasteiger partial charge in [0.15, 0.2) is 0 Å². The van der Waals surface area contributed by atoms with Crippen molar-refractivity contribution < 1.29 is 4.74 Å². The van der Waals surface area contributed by atoms with Gasteiger partial charge >= 0.3 is 0 Å². The van der Waals surface area contributed by atoms with Gasteiger partial charge in [-0.2, -0.15) is 0 Å². The van der Waals surface area contributed by atoms with Gasteiger partial charge in [0.05, 0.1) is 0 Å². The van der Waals surface area contributed by atoms with E-state index in [-0.39, 0.29) is 12.4 Å². The maximum atomic E-state index is 6.19. The highest BCUT2D eigenvalue weighted by Gasteiger charge is 2.09. The van der Waals surface area contributed by atoms with E-state index in [4.69, 9.17) is 16.3 Å². The van der Waals surface area contributed by atoms with E-state index in [1.54, 1.807) is 0 Å². The zero-order chi connectivity index (χ0) is 15.4. The topological polar surface area (TPSA) is 21.3 Å². The number of nitrogens with one attached hydrogen (secondary N) is 1. The molecule has 0 saturated heterocycles. The van der Waals surface area contributed by atoms with Crippen LogP contribution < -0.4 is 10.1 Å². The predicted molar refractivity (Wildman–Crippen MR) is 99.7 cm³/mol. The molecule has 2 nitrogen and oxygen atoms in total. The first-order valence-corrected chi connectivity index (χ1v) is 7.69. The summed E-state index contributed by atoms with van der Waals surface area (Å²) in [5.41, 5.74) is 2.17. The molecule has 1 N–H and O–H groups in total. The van der Waals surface area contributed by atoms with Gasteiger partial charge in [-0.3, -0.25) is 0 Å². The van der Waals surface area contributed by atoms with E-state index in [1.807, 2.05) is 37.4 Å². The van der Waals surface area contributed by atoms with Crippen LogP contribution >= 0.6 is 24.0 Å². The summed E-state index contributed by atoms with van der Waals surface area (Å²) in [7, 11) is 1.94. The van der Waals surface area contributed by atoms with Crippen LogP contribution in [0.25, 0.3) is 10.8 Å². The normalized spacial score (nSPS) is 10.3. The molecular formula is C19H19Cl2NO. The highest BCUT2D eigenvalue weighted by atomic mass is 35.5. The summed E-state index contributed by atoms with van der Waals surface area (Å²) in [5, 5.41) is 6.39. The summed E-state index contributed by atoms with van der Waals surface area (Å²) in [6.45, 7) is 1.23. The van der Waals surface area contributed by atoms with Crippen molar-refractivity contribution in [2.45, 2.75) is 13.2 Å². The maximum absolute atomic E-state index is 6.19. The third-order valence-electron chi connectivity index (χ3n) is 3.69. The molecule has 3 aromatic carbocycles. The van der Waals surface area contributed by atoms with Crippen molar-refractivity contribution in [1.29, 1.82) is 0 Å². The molecule has 3 aromatic rings. The number of halogens is 2. The molecule has 0 bridgehead atoms. The van der Waals surface area contributed by atoms with Crippen molar-refractivity contribution in [1.82, 2.24) is 5.32 Å². The minimum Gasteiger partial charge on any atom is -0.488 e. The zero-order valence-corrected chi connectivity index (χ0v) is 14.5. The molecule has 120 valence electrons. The minimum atomic E-state index is 0. The number of hydrogen-bond acceptors (Lipinski definition) is 2. The van der Waals surface area contributed by atoms with Gasteiger partial charge in [-0.05, 0) is 30.0 Å². The van der Waals surface area contributed by atoms with E-state index in [2.05, 4.69) is 35.6 Å². The lowest BCUT2D eigenvalue weighted by atomic mass is 10.0. The Labute approximate surface area is 147 Å². The van der Waals surface area contributed by atoms with Crippen LogP contribution in [0.15, 0.2) is 60.7 Å². The smallest absolute Gasteiger partial charge is 0.124 e. The lowest BCUT2D eigenvalue weighted by Crippen LogP contribution is -2.08. The molecule has 0 aliphatic rings. The number of rotatable bonds is 5. The van der Waals surface area contributed by atoms with Crippen molar-refractivity contribution in [3.63, 3.8) is 0 Å². The Kier molecular flexibility index (Phi) is 6.28. The molecule has 0 aliphatic carbocycles. The minimum absolute atomic E-state index is 0. The van der Waals surface area contributed by atoms with Gasteiger partial charge in [0, 0.05) is 22.7 Å². The first kappa shape index (κ1) is 17.6. The van der Waals surface area contributed by atoms with Gasteiger partial charge in [0.25, 0.3) is 0 Å². The lowest BCUT2D eigenvalue weighted by Gasteiger charge is -2.14. The van der Waals surface area contributed by atoms with Crippen LogP contribution in [0, 0.1) is 0 Å². The van der Waals surface area contributed by atoms with Crippen molar-refractivity contribution >= 4 is 34.8 Å². The zero-order valence-electron chi connectivity index (χ0n) is 12.9. The largest absolute Gasteiger partial charge is 0.488 e. The van der Waals surface area contributed by atoms with Gasteiger partial charge in [-0.15, -0.1) is 12.4 Å². The van der Waals surface area contributed by atoms with E-state index >= 15 is 0 Å². The Hall–Kier alpha value is -1.74. The number of benzene rings is 3. The van der Waals surface area contributed by atoms with Crippen molar-refractivity contribution in [3.05, 3.63) is 76.8 Å². The molecule has 0 spiro atoms.